The zero-order valence-electron chi connectivity index (χ0n) is 9.22. The Balaban J connectivity index is 2.13. The number of hydrogen-bond donors (Lipinski definition) is 0. The zero-order chi connectivity index (χ0) is 10.7. The van der Waals surface area contributed by atoms with Crippen molar-refractivity contribution in [3.8, 4) is 0 Å². The van der Waals surface area contributed by atoms with Crippen LogP contribution in [0.3, 0.4) is 0 Å². The third-order valence-corrected chi connectivity index (χ3v) is 3.22. The number of aromatic nitrogens is 1. The predicted octanol–water partition coefficient (Wildman–Crippen LogP) is 1.95. The van der Waals surface area contributed by atoms with Crippen molar-refractivity contribution in [3.05, 3.63) is 29.6 Å². The number of piperidine rings is 1. The molecule has 0 unspecified atom stereocenters. The summed E-state index contributed by atoms with van der Waals surface area (Å²) < 4.78 is 0.970. The second kappa shape index (κ2) is 4.51. The van der Waals surface area contributed by atoms with Crippen LogP contribution in [0.2, 0.25) is 0 Å². The Hall–Kier alpha value is -1.25. The molecule has 2 rings (SSSR count). The summed E-state index contributed by atoms with van der Waals surface area (Å²) in [6.45, 7) is 4.27. The fraction of sp³-hybridized carbons (Fsp3) is 0.583. The maximum atomic E-state index is 11.6. The molecule has 1 fully saturated rings. The van der Waals surface area contributed by atoms with Gasteiger partial charge in [0.15, 0.2) is 0 Å². The molecule has 0 amide bonds. The van der Waals surface area contributed by atoms with Crippen LogP contribution in [-0.4, -0.2) is 13.1 Å². The molecule has 0 saturated carbocycles. The van der Waals surface area contributed by atoms with Gasteiger partial charge in [0.1, 0.15) is 0 Å². The van der Waals surface area contributed by atoms with Gasteiger partial charge in [-0.25, -0.2) is 4.73 Å². The van der Waals surface area contributed by atoms with Gasteiger partial charge in [-0.05, 0) is 31.2 Å². The Labute approximate surface area is 90.9 Å². The zero-order valence-corrected chi connectivity index (χ0v) is 9.22. The fourth-order valence-corrected chi connectivity index (χ4v) is 2.27. The van der Waals surface area contributed by atoms with Crippen molar-refractivity contribution >= 4 is 5.82 Å². The van der Waals surface area contributed by atoms with Gasteiger partial charge in [0.05, 0.1) is 19.3 Å². The molecule has 1 aromatic rings. The van der Waals surface area contributed by atoms with Crippen LogP contribution in [0, 0.1) is 11.1 Å². The Morgan fingerprint density at radius 3 is 3.13 bits per heavy atom. The molecule has 2 heterocycles. The molecule has 3 nitrogen and oxygen atoms in total. The van der Waals surface area contributed by atoms with E-state index in [4.69, 9.17) is 0 Å². The normalized spacial score (nSPS) is 21.7. The molecular weight excluding hydrogens is 188 g/mol. The summed E-state index contributed by atoms with van der Waals surface area (Å²) in [5, 5.41) is 11.6. The molecular formula is C12H18N2O. The van der Waals surface area contributed by atoms with E-state index in [9.17, 15) is 5.21 Å². The minimum absolute atomic E-state index is 0.749. The third kappa shape index (κ3) is 2.22. The molecule has 0 aliphatic carbocycles. The van der Waals surface area contributed by atoms with E-state index in [1.165, 1.54) is 19.3 Å². The van der Waals surface area contributed by atoms with E-state index in [0.29, 0.717) is 0 Å². The van der Waals surface area contributed by atoms with Gasteiger partial charge in [-0.1, -0.05) is 13.0 Å². The molecule has 1 atom stereocenters. The van der Waals surface area contributed by atoms with Crippen LogP contribution >= 0.6 is 0 Å². The first-order valence-electron chi connectivity index (χ1n) is 5.74. The van der Waals surface area contributed by atoms with E-state index < -0.39 is 0 Å². The van der Waals surface area contributed by atoms with Crippen LogP contribution in [0.5, 0.6) is 0 Å². The van der Waals surface area contributed by atoms with Gasteiger partial charge in [0.25, 0.3) is 5.82 Å². The average molecular weight is 206 g/mol. The summed E-state index contributed by atoms with van der Waals surface area (Å²) in [6, 6.07) is 5.61. The summed E-state index contributed by atoms with van der Waals surface area (Å²) in [5.74, 6) is 1.55. The van der Waals surface area contributed by atoms with Crippen LogP contribution in [0.1, 0.15) is 26.2 Å². The Kier molecular flexibility index (Phi) is 3.09. The lowest BCUT2D eigenvalue weighted by Crippen LogP contribution is -2.43. The van der Waals surface area contributed by atoms with Crippen LogP contribution in [-0.2, 0) is 0 Å². The van der Waals surface area contributed by atoms with Crippen LogP contribution < -0.4 is 9.63 Å². The van der Waals surface area contributed by atoms with Gasteiger partial charge in [-0.15, -0.1) is 0 Å². The second-order valence-corrected chi connectivity index (χ2v) is 4.25. The standard InChI is InChI=1S/C12H18N2O/c1-2-11-6-5-8-13(10-11)12-7-3-4-9-14(12)15/h3-4,7,9,11H,2,5-6,8,10H2,1H3/t11-/m1/s1. The van der Waals surface area contributed by atoms with Crippen molar-refractivity contribution in [2.45, 2.75) is 26.2 Å². The van der Waals surface area contributed by atoms with Crippen LogP contribution in [0.4, 0.5) is 5.82 Å². The van der Waals surface area contributed by atoms with Crippen molar-refractivity contribution in [2.24, 2.45) is 5.92 Å². The van der Waals surface area contributed by atoms with E-state index >= 15 is 0 Å². The molecule has 1 aromatic heterocycles. The van der Waals surface area contributed by atoms with Crippen molar-refractivity contribution in [3.63, 3.8) is 0 Å². The average Bonchev–Trinajstić information content (AvgIpc) is 2.30. The van der Waals surface area contributed by atoms with Gasteiger partial charge >= 0.3 is 0 Å². The molecule has 82 valence electrons. The molecule has 1 saturated heterocycles. The number of nitrogens with zero attached hydrogens (tertiary/aromatic N) is 2. The first-order chi connectivity index (χ1) is 7.31. The number of rotatable bonds is 2. The third-order valence-electron chi connectivity index (χ3n) is 3.22. The molecule has 0 spiro atoms. The number of pyridine rings is 1. The first-order valence-corrected chi connectivity index (χ1v) is 5.74. The maximum absolute atomic E-state index is 11.6. The van der Waals surface area contributed by atoms with Gasteiger partial charge in [0.2, 0.25) is 0 Å². The van der Waals surface area contributed by atoms with Gasteiger partial charge in [-0.2, -0.15) is 0 Å². The maximum Gasteiger partial charge on any atom is 0.279 e. The van der Waals surface area contributed by atoms with Crippen molar-refractivity contribution in [1.82, 2.24) is 0 Å². The fourth-order valence-electron chi connectivity index (χ4n) is 2.27. The minimum Gasteiger partial charge on any atom is -0.711 e. The van der Waals surface area contributed by atoms with E-state index in [0.717, 1.165) is 29.6 Å². The number of anilines is 1. The molecule has 0 aromatic carbocycles. The second-order valence-electron chi connectivity index (χ2n) is 4.25. The van der Waals surface area contributed by atoms with Crippen molar-refractivity contribution in [1.29, 1.82) is 0 Å². The monoisotopic (exact) mass is 206 g/mol. The summed E-state index contributed by atoms with van der Waals surface area (Å²) in [4.78, 5) is 2.21. The van der Waals surface area contributed by atoms with Crippen molar-refractivity contribution in [2.75, 3.05) is 18.0 Å². The SMILES string of the molecule is CC[C@@H]1CCCN(c2cccc[n+]2[O-])C1. The molecule has 0 N–H and O–H groups in total. The first kappa shape index (κ1) is 10.3. The summed E-state index contributed by atoms with van der Waals surface area (Å²) >= 11 is 0. The van der Waals surface area contributed by atoms with Crippen molar-refractivity contribution < 1.29 is 4.73 Å². The Morgan fingerprint density at radius 1 is 1.53 bits per heavy atom. The van der Waals surface area contributed by atoms with Gasteiger partial charge in [-0.3, -0.25) is 4.90 Å². The lowest BCUT2D eigenvalue weighted by atomic mass is 9.96. The van der Waals surface area contributed by atoms with Crippen LogP contribution in [0.25, 0.3) is 0 Å². The smallest absolute Gasteiger partial charge is 0.279 e. The lowest BCUT2D eigenvalue weighted by Gasteiger charge is -2.29. The highest BCUT2D eigenvalue weighted by Gasteiger charge is 2.25. The van der Waals surface area contributed by atoms with E-state index in [1.54, 1.807) is 12.3 Å². The van der Waals surface area contributed by atoms with Gasteiger partial charge in [0, 0.05) is 6.07 Å². The van der Waals surface area contributed by atoms with E-state index in [2.05, 4.69) is 11.8 Å². The number of hydrogen-bond acceptors (Lipinski definition) is 2. The molecule has 1 aliphatic heterocycles. The van der Waals surface area contributed by atoms with E-state index in [1.807, 2.05) is 12.1 Å². The highest BCUT2D eigenvalue weighted by Crippen LogP contribution is 2.22. The molecule has 3 heteroatoms. The highest BCUT2D eigenvalue weighted by molar-refractivity contribution is 5.33. The Morgan fingerprint density at radius 2 is 2.40 bits per heavy atom. The molecule has 1 aliphatic rings. The molecule has 0 bridgehead atoms. The summed E-state index contributed by atoms with van der Waals surface area (Å²) in [6.07, 6.45) is 5.29. The molecule has 0 radical (unpaired) electrons. The summed E-state index contributed by atoms with van der Waals surface area (Å²) in [7, 11) is 0. The van der Waals surface area contributed by atoms with E-state index in [-0.39, 0.29) is 0 Å². The molecule has 15 heavy (non-hydrogen) atoms. The van der Waals surface area contributed by atoms with Crippen LogP contribution in [0.15, 0.2) is 24.4 Å². The minimum atomic E-state index is 0.749. The largest absolute Gasteiger partial charge is 0.711 e. The topological polar surface area (TPSA) is 30.2 Å². The highest BCUT2D eigenvalue weighted by atomic mass is 16.5. The lowest BCUT2D eigenvalue weighted by molar-refractivity contribution is -0.592. The van der Waals surface area contributed by atoms with Gasteiger partial charge < -0.3 is 5.21 Å². The predicted molar refractivity (Wildman–Crippen MR) is 60.6 cm³/mol. The summed E-state index contributed by atoms with van der Waals surface area (Å²) in [5.41, 5.74) is 0. The quantitative estimate of drug-likeness (QED) is 0.547. The Bertz CT molecular complexity index is 327.